The highest BCUT2D eigenvalue weighted by Crippen LogP contribution is 2.25. The summed E-state index contributed by atoms with van der Waals surface area (Å²) in [5.74, 6) is 0.221. The van der Waals surface area contributed by atoms with Crippen molar-refractivity contribution in [3.63, 3.8) is 0 Å². The van der Waals surface area contributed by atoms with Crippen molar-refractivity contribution in [2.45, 2.75) is 39.7 Å². The molecule has 2 rings (SSSR count). The van der Waals surface area contributed by atoms with E-state index in [0.717, 1.165) is 18.4 Å². The van der Waals surface area contributed by atoms with Crippen LogP contribution in [0.1, 0.15) is 32.8 Å². The van der Waals surface area contributed by atoms with Gasteiger partial charge in [-0.1, -0.05) is 32.9 Å². The second-order valence-corrected chi connectivity index (χ2v) is 7.16. The number of hydrogen-bond donors (Lipinski definition) is 1. The van der Waals surface area contributed by atoms with Gasteiger partial charge in [0.1, 0.15) is 5.82 Å². The van der Waals surface area contributed by atoms with E-state index in [2.05, 4.69) is 0 Å². The van der Waals surface area contributed by atoms with Gasteiger partial charge in [0, 0.05) is 24.5 Å². The number of carbonyl (C=O) groups is 1. The Morgan fingerprint density at radius 2 is 2.10 bits per heavy atom. The number of likely N-dealkylation sites (tertiary alicyclic amines) is 1. The van der Waals surface area contributed by atoms with Crippen LogP contribution in [0.5, 0.6) is 0 Å². The van der Waals surface area contributed by atoms with Crippen LogP contribution in [-0.4, -0.2) is 29.9 Å². The molecule has 1 heterocycles. The van der Waals surface area contributed by atoms with E-state index in [-0.39, 0.29) is 23.2 Å². The summed E-state index contributed by atoms with van der Waals surface area (Å²) in [6.07, 6.45) is 1.64. The molecular formula is C17H25FN2O. The lowest BCUT2D eigenvalue weighted by atomic mass is 9.86. The van der Waals surface area contributed by atoms with Crippen molar-refractivity contribution in [2.24, 2.45) is 17.1 Å². The lowest BCUT2D eigenvalue weighted by Crippen LogP contribution is -2.52. The number of piperidine rings is 1. The summed E-state index contributed by atoms with van der Waals surface area (Å²) < 4.78 is 13.3. The average molecular weight is 292 g/mol. The molecule has 0 bridgehead atoms. The second-order valence-electron chi connectivity index (χ2n) is 7.16. The van der Waals surface area contributed by atoms with Gasteiger partial charge >= 0.3 is 0 Å². The summed E-state index contributed by atoms with van der Waals surface area (Å²) in [6.45, 7) is 7.11. The number of rotatable bonds is 2. The van der Waals surface area contributed by atoms with Crippen molar-refractivity contribution in [1.29, 1.82) is 0 Å². The maximum absolute atomic E-state index is 13.3. The summed E-state index contributed by atoms with van der Waals surface area (Å²) >= 11 is 0. The fraction of sp³-hybridized carbons (Fsp3) is 0.588. The fourth-order valence-electron chi connectivity index (χ4n) is 3.03. The molecule has 1 amide bonds. The lowest BCUT2D eigenvalue weighted by molar-refractivity contribution is -0.141. The first kappa shape index (κ1) is 16.0. The van der Waals surface area contributed by atoms with Gasteiger partial charge in [-0.15, -0.1) is 0 Å². The highest BCUT2D eigenvalue weighted by molar-refractivity contribution is 5.81. The molecule has 1 fully saturated rings. The zero-order valence-electron chi connectivity index (χ0n) is 13.1. The molecule has 1 aliphatic heterocycles. The Bertz CT molecular complexity index is 510. The number of nitrogens with zero attached hydrogens (tertiary/aromatic N) is 1. The Morgan fingerprint density at radius 3 is 2.71 bits per heavy atom. The molecule has 2 atom stereocenters. The molecule has 1 aromatic rings. The minimum atomic E-state index is -0.388. The molecule has 3 nitrogen and oxygen atoms in total. The number of amides is 1. The van der Waals surface area contributed by atoms with Gasteiger partial charge in [0.25, 0.3) is 0 Å². The van der Waals surface area contributed by atoms with Crippen LogP contribution in [0.2, 0.25) is 0 Å². The zero-order chi connectivity index (χ0) is 15.6. The van der Waals surface area contributed by atoms with Gasteiger partial charge in [-0.05, 0) is 36.5 Å². The molecule has 4 heteroatoms. The minimum Gasteiger partial charge on any atom is -0.340 e. The van der Waals surface area contributed by atoms with Crippen molar-refractivity contribution < 1.29 is 9.18 Å². The maximum atomic E-state index is 13.3. The third kappa shape index (κ3) is 4.27. The summed E-state index contributed by atoms with van der Waals surface area (Å²) in [5.41, 5.74) is 6.69. The monoisotopic (exact) mass is 292 g/mol. The molecule has 2 unspecified atom stereocenters. The summed E-state index contributed by atoms with van der Waals surface area (Å²) in [4.78, 5) is 14.3. The van der Waals surface area contributed by atoms with Crippen LogP contribution in [0.4, 0.5) is 4.39 Å². The molecule has 2 N–H and O–H groups in total. The number of carbonyl (C=O) groups excluding carboxylic acids is 1. The third-order valence-corrected chi connectivity index (χ3v) is 3.91. The predicted molar refractivity (Wildman–Crippen MR) is 82.2 cm³/mol. The van der Waals surface area contributed by atoms with E-state index in [9.17, 15) is 9.18 Å². The Balaban J connectivity index is 2.06. The van der Waals surface area contributed by atoms with Crippen molar-refractivity contribution >= 4 is 5.91 Å². The van der Waals surface area contributed by atoms with Crippen molar-refractivity contribution in [1.82, 2.24) is 4.90 Å². The van der Waals surface area contributed by atoms with Gasteiger partial charge in [0.2, 0.25) is 5.91 Å². The maximum Gasteiger partial charge on any atom is 0.228 e. The molecule has 0 radical (unpaired) electrons. The lowest BCUT2D eigenvalue weighted by Gasteiger charge is -2.39. The van der Waals surface area contributed by atoms with Crippen LogP contribution in [0.15, 0.2) is 24.3 Å². The topological polar surface area (TPSA) is 46.3 Å². The summed E-state index contributed by atoms with van der Waals surface area (Å²) in [6, 6.07) is 6.68. The summed E-state index contributed by atoms with van der Waals surface area (Å²) in [5, 5.41) is 0. The standard InChI is InChI=1S/C17H25FN2O/c1-17(2,3)16(21)20-10-13(9-15(19)11-20)7-12-5-4-6-14(18)8-12/h4-6,8,13,15H,7,9-11,19H2,1-3H3. The second kappa shape index (κ2) is 6.14. The van der Waals surface area contributed by atoms with Crippen LogP contribution >= 0.6 is 0 Å². The van der Waals surface area contributed by atoms with Crippen LogP contribution < -0.4 is 5.73 Å². The molecule has 21 heavy (non-hydrogen) atoms. The van der Waals surface area contributed by atoms with E-state index in [4.69, 9.17) is 5.73 Å². The first-order valence-electron chi connectivity index (χ1n) is 7.55. The normalized spacial score (nSPS) is 23.2. The molecule has 1 saturated heterocycles. The Hall–Kier alpha value is -1.42. The van der Waals surface area contributed by atoms with Crippen molar-refractivity contribution in [2.75, 3.05) is 13.1 Å². The molecule has 116 valence electrons. The number of hydrogen-bond acceptors (Lipinski definition) is 2. The van der Waals surface area contributed by atoms with Gasteiger partial charge in [-0.3, -0.25) is 4.79 Å². The van der Waals surface area contributed by atoms with Gasteiger partial charge in [0.05, 0.1) is 0 Å². The number of nitrogens with two attached hydrogens (primary N) is 1. The average Bonchev–Trinajstić information content (AvgIpc) is 2.36. The van der Waals surface area contributed by atoms with Gasteiger partial charge < -0.3 is 10.6 Å². The molecule has 0 aromatic heterocycles. The van der Waals surface area contributed by atoms with Crippen LogP contribution in [0, 0.1) is 17.2 Å². The van der Waals surface area contributed by atoms with Crippen LogP contribution in [0.25, 0.3) is 0 Å². The Labute approximate surface area is 126 Å². The zero-order valence-corrected chi connectivity index (χ0v) is 13.1. The van der Waals surface area contributed by atoms with E-state index < -0.39 is 0 Å². The highest BCUT2D eigenvalue weighted by atomic mass is 19.1. The van der Waals surface area contributed by atoms with Crippen LogP contribution in [-0.2, 0) is 11.2 Å². The fourth-order valence-corrected chi connectivity index (χ4v) is 3.03. The predicted octanol–water partition coefficient (Wildman–Crippen LogP) is 2.59. The van der Waals surface area contributed by atoms with Crippen molar-refractivity contribution in [3.8, 4) is 0 Å². The SMILES string of the molecule is CC(C)(C)C(=O)N1CC(N)CC(Cc2cccc(F)c2)C1. The molecular weight excluding hydrogens is 267 g/mol. The Morgan fingerprint density at radius 1 is 1.38 bits per heavy atom. The van der Waals surface area contributed by atoms with E-state index >= 15 is 0 Å². The largest absolute Gasteiger partial charge is 0.340 e. The van der Waals surface area contributed by atoms with Gasteiger partial charge in [-0.2, -0.15) is 0 Å². The van der Waals surface area contributed by atoms with E-state index in [1.165, 1.54) is 6.07 Å². The molecule has 1 aliphatic rings. The molecule has 1 aromatic carbocycles. The smallest absolute Gasteiger partial charge is 0.228 e. The van der Waals surface area contributed by atoms with Crippen molar-refractivity contribution in [3.05, 3.63) is 35.6 Å². The Kier molecular flexibility index (Phi) is 4.67. The number of benzene rings is 1. The first-order chi connectivity index (χ1) is 9.75. The summed E-state index contributed by atoms with van der Waals surface area (Å²) in [7, 11) is 0. The van der Waals surface area contributed by atoms with E-state index in [0.29, 0.717) is 19.0 Å². The van der Waals surface area contributed by atoms with Gasteiger partial charge in [-0.25, -0.2) is 4.39 Å². The molecule has 0 saturated carbocycles. The highest BCUT2D eigenvalue weighted by Gasteiger charge is 2.33. The van der Waals surface area contributed by atoms with Gasteiger partial charge in [0.15, 0.2) is 0 Å². The molecule has 0 aliphatic carbocycles. The first-order valence-corrected chi connectivity index (χ1v) is 7.55. The van der Waals surface area contributed by atoms with E-state index in [1.807, 2.05) is 31.7 Å². The third-order valence-electron chi connectivity index (χ3n) is 3.91. The number of halogens is 1. The van der Waals surface area contributed by atoms with E-state index in [1.54, 1.807) is 12.1 Å². The van der Waals surface area contributed by atoms with Crippen LogP contribution in [0.3, 0.4) is 0 Å². The molecule has 0 spiro atoms. The quantitative estimate of drug-likeness (QED) is 0.910. The minimum absolute atomic E-state index is 0.00334.